The first-order valence-electron chi connectivity index (χ1n) is 6.65. The molecule has 2 aliphatic rings. The van der Waals surface area contributed by atoms with Crippen LogP contribution in [0.15, 0.2) is 0 Å². The number of piperidine rings is 1. The lowest BCUT2D eigenvalue weighted by Gasteiger charge is -2.42. The van der Waals surface area contributed by atoms with Gasteiger partial charge in [0.1, 0.15) is 0 Å². The highest BCUT2D eigenvalue weighted by Crippen LogP contribution is 2.36. The second kappa shape index (κ2) is 5.03. The van der Waals surface area contributed by atoms with Crippen molar-refractivity contribution in [2.75, 3.05) is 24.6 Å². The average molecular weight is 291 g/mol. The Morgan fingerprint density at radius 2 is 2.11 bits per heavy atom. The van der Waals surface area contributed by atoms with Crippen LogP contribution < -0.4 is 0 Å². The minimum Gasteiger partial charge on any atom is -0.481 e. The summed E-state index contributed by atoms with van der Waals surface area (Å²) in [5.74, 6) is -1.09. The first-order chi connectivity index (χ1) is 8.80. The van der Waals surface area contributed by atoms with Gasteiger partial charge in [0.25, 0.3) is 0 Å². The van der Waals surface area contributed by atoms with Crippen LogP contribution in [0.25, 0.3) is 0 Å². The summed E-state index contributed by atoms with van der Waals surface area (Å²) in [6, 6.07) is -0.449. The molecule has 0 saturated carbocycles. The van der Waals surface area contributed by atoms with Crippen molar-refractivity contribution in [3.8, 4) is 0 Å². The Kier molecular flexibility index (Phi) is 3.90. The van der Waals surface area contributed by atoms with Crippen molar-refractivity contribution in [2.24, 2.45) is 5.41 Å². The number of aliphatic hydroxyl groups is 1. The van der Waals surface area contributed by atoms with Crippen LogP contribution in [0, 0.1) is 5.41 Å². The first-order valence-corrected chi connectivity index (χ1v) is 8.48. The van der Waals surface area contributed by atoms with Gasteiger partial charge in [-0.25, -0.2) is 8.42 Å². The maximum Gasteiger partial charge on any atom is 0.310 e. The lowest BCUT2D eigenvalue weighted by atomic mass is 9.77. The van der Waals surface area contributed by atoms with E-state index in [-0.39, 0.29) is 11.5 Å². The molecule has 19 heavy (non-hydrogen) atoms. The molecule has 3 unspecified atom stereocenters. The van der Waals surface area contributed by atoms with Crippen molar-refractivity contribution >= 4 is 15.8 Å². The number of carbonyl (C=O) groups is 1. The summed E-state index contributed by atoms with van der Waals surface area (Å²) in [5.41, 5.74) is -0.801. The normalized spacial score (nSPS) is 39.3. The van der Waals surface area contributed by atoms with E-state index in [1.165, 1.54) is 0 Å². The molecule has 0 aromatic heterocycles. The number of nitrogens with zero attached hydrogens (tertiary/aromatic N) is 1. The fraction of sp³-hybridized carbons (Fsp3) is 0.917. The zero-order chi connectivity index (χ0) is 14.3. The van der Waals surface area contributed by atoms with Crippen LogP contribution in [-0.4, -0.2) is 66.2 Å². The van der Waals surface area contributed by atoms with E-state index < -0.39 is 33.4 Å². The van der Waals surface area contributed by atoms with E-state index in [1.807, 2.05) is 11.8 Å². The van der Waals surface area contributed by atoms with Gasteiger partial charge in [-0.15, -0.1) is 0 Å². The summed E-state index contributed by atoms with van der Waals surface area (Å²) in [4.78, 5) is 13.3. The van der Waals surface area contributed by atoms with Gasteiger partial charge in [-0.2, -0.15) is 0 Å². The molecule has 0 aromatic carbocycles. The van der Waals surface area contributed by atoms with Crippen molar-refractivity contribution in [3.63, 3.8) is 0 Å². The van der Waals surface area contributed by atoms with E-state index >= 15 is 0 Å². The van der Waals surface area contributed by atoms with Crippen LogP contribution in [0.2, 0.25) is 0 Å². The molecule has 0 radical (unpaired) electrons. The highest BCUT2D eigenvalue weighted by atomic mass is 32.2. The summed E-state index contributed by atoms with van der Waals surface area (Å²) < 4.78 is 23.1. The Morgan fingerprint density at radius 3 is 2.58 bits per heavy atom. The SMILES string of the molecule is CCC1(C(=O)O)CCCN(C2CS(=O)(=O)CC2O)C1. The lowest BCUT2D eigenvalue weighted by molar-refractivity contribution is -0.154. The van der Waals surface area contributed by atoms with Crippen molar-refractivity contribution < 1.29 is 23.4 Å². The molecular formula is C12H21NO5S. The Bertz CT molecular complexity index is 463. The molecule has 0 aliphatic carbocycles. The Hall–Kier alpha value is -0.660. The third-order valence-electron chi connectivity index (χ3n) is 4.50. The van der Waals surface area contributed by atoms with Crippen LogP contribution in [0.1, 0.15) is 26.2 Å². The second-order valence-electron chi connectivity index (χ2n) is 5.72. The van der Waals surface area contributed by atoms with E-state index in [9.17, 15) is 23.4 Å². The fourth-order valence-electron chi connectivity index (χ4n) is 3.22. The molecule has 2 fully saturated rings. The minimum atomic E-state index is -3.20. The Morgan fingerprint density at radius 1 is 1.42 bits per heavy atom. The third-order valence-corrected chi connectivity index (χ3v) is 6.20. The molecule has 0 bridgehead atoms. The van der Waals surface area contributed by atoms with Gasteiger partial charge in [-0.05, 0) is 25.8 Å². The molecule has 2 saturated heterocycles. The van der Waals surface area contributed by atoms with Crippen molar-refractivity contribution in [2.45, 2.75) is 38.3 Å². The topological polar surface area (TPSA) is 94.9 Å². The third kappa shape index (κ3) is 2.78. The lowest BCUT2D eigenvalue weighted by Crippen LogP contribution is -2.54. The van der Waals surface area contributed by atoms with E-state index in [1.54, 1.807) is 0 Å². The molecule has 6 nitrogen and oxygen atoms in total. The van der Waals surface area contributed by atoms with Crippen LogP contribution >= 0.6 is 0 Å². The van der Waals surface area contributed by atoms with E-state index in [0.717, 1.165) is 6.42 Å². The smallest absolute Gasteiger partial charge is 0.310 e. The van der Waals surface area contributed by atoms with Gasteiger partial charge in [0.05, 0.1) is 29.1 Å². The van der Waals surface area contributed by atoms with Gasteiger partial charge >= 0.3 is 5.97 Å². The highest BCUT2D eigenvalue weighted by molar-refractivity contribution is 7.91. The number of sulfone groups is 1. The Balaban J connectivity index is 2.16. The zero-order valence-electron chi connectivity index (χ0n) is 11.1. The molecule has 110 valence electrons. The zero-order valence-corrected chi connectivity index (χ0v) is 11.9. The molecule has 2 heterocycles. The predicted molar refractivity (Wildman–Crippen MR) is 69.6 cm³/mol. The molecule has 3 atom stereocenters. The summed E-state index contributed by atoms with van der Waals surface area (Å²) in [5, 5.41) is 19.3. The number of carboxylic acids is 1. The quantitative estimate of drug-likeness (QED) is 0.742. The van der Waals surface area contributed by atoms with E-state index in [0.29, 0.717) is 25.9 Å². The number of aliphatic hydroxyl groups excluding tert-OH is 1. The number of carboxylic acid groups (broad SMARTS) is 1. The van der Waals surface area contributed by atoms with Crippen LogP contribution in [0.4, 0.5) is 0 Å². The van der Waals surface area contributed by atoms with Gasteiger partial charge in [0.15, 0.2) is 9.84 Å². The summed E-state index contributed by atoms with van der Waals surface area (Å²) >= 11 is 0. The Labute approximate surface area is 113 Å². The first kappa shape index (κ1) is 14.7. The van der Waals surface area contributed by atoms with Crippen molar-refractivity contribution in [1.29, 1.82) is 0 Å². The highest BCUT2D eigenvalue weighted by Gasteiger charge is 2.47. The van der Waals surface area contributed by atoms with E-state index in [4.69, 9.17) is 0 Å². The maximum absolute atomic E-state index is 11.6. The summed E-state index contributed by atoms with van der Waals surface area (Å²) in [7, 11) is -3.20. The molecule has 0 spiro atoms. The molecular weight excluding hydrogens is 270 g/mol. The second-order valence-corrected chi connectivity index (χ2v) is 7.88. The number of aliphatic carboxylic acids is 1. The van der Waals surface area contributed by atoms with Gasteiger partial charge in [0, 0.05) is 6.54 Å². The number of likely N-dealkylation sites (tertiary alicyclic amines) is 1. The monoisotopic (exact) mass is 291 g/mol. The van der Waals surface area contributed by atoms with Crippen LogP contribution in [0.3, 0.4) is 0 Å². The van der Waals surface area contributed by atoms with Gasteiger partial charge in [-0.3, -0.25) is 9.69 Å². The average Bonchev–Trinajstić information content (AvgIpc) is 2.62. The molecule has 7 heteroatoms. The van der Waals surface area contributed by atoms with E-state index in [2.05, 4.69) is 0 Å². The number of rotatable bonds is 3. The molecule has 0 amide bonds. The van der Waals surface area contributed by atoms with Gasteiger partial charge in [-0.1, -0.05) is 6.92 Å². The maximum atomic E-state index is 11.6. The molecule has 0 aromatic rings. The van der Waals surface area contributed by atoms with Crippen LogP contribution in [0.5, 0.6) is 0 Å². The summed E-state index contributed by atoms with van der Waals surface area (Å²) in [6.07, 6.45) is 0.967. The number of hydrogen-bond donors (Lipinski definition) is 2. The molecule has 2 aliphatic heterocycles. The van der Waals surface area contributed by atoms with Gasteiger partial charge in [0.2, 0.25) is 0 Å². The standard InChI is InChI=1S/C12H21NO5S/c1-2-12(11(15)16)4-3-5-13(8-12)9-6-19(17,18)7-10(9)14/h9-10,14H,2-8H2,1H3,(H,15,16). The fourth-order valence-corrected chi connectivity index (χ4v) is 5.06. The van der Waals surface area contributed by atoms with Crippen molar-refractivity contribution in [1.82, 2.24) is 4.90 Å². The molecule has 2 N–H and O–H groups in total. The van der Waals surface area contributed by atoms with Crippen molar-refractivity contribution in [3.05, 3.63) is 0 Å². The molecule has 2 rings (SSSR count). The minimum absolute atomic E-state index is 0.0619. The predicted octanol–water partition coefficient (Wildman–Crippen LogP) is -0.279. The largest absolute Gasteiger partial charge is 0.481 e. The van der Waals surface area contributed by atoms with Gasteiger partial charge < -0.3 is 10.2 Å². The van der Waals surface area contributed by atoms with Crippen LogP contribution in [-0.2, 0) is 14.6 Å². The summed E-state index contributed by atoms with van der Waals surface area (Å²) in [6.45, 7) is 2.84. The number of hydrogen-bond acceptors (Lipinski definition) is 5.